The van der Waals surface area contributed by atoms with Crippen molar-refractivity contribution >= 4 is 179 Å². The van der Waals surface area contributed by atoms with Crippen molar-refractivity contribution < 1.29 is 132 Å². The summed E-state index contributed by atoms with van der Waals surface area (Å²) in [5, 5.41) is 16.6. The molecule has 146 heavy (non-hydrogen) atoms. The SMILES string of the molecule is CCN1C(=O)NC(=O)/C(=C\C=C\c2ccc(OC)cc2)C1=O.CCN1C(=O)NC(=O)/C(=C\C=C\c2ccccc2OC)C1=O.CN1C(=O)C(=C/C=C/c2c(F)cccc2F)C(=O)N(C)C1=O.COc1ccccc1/C=C/C=C1C(=O)N(C)C(=O)N(C)C1=O.Cc1ccccc1/C=C/C=C1C(=O)NC(=O)NC1=O.O=C1NC(=O)C(=C/C=C/c2c(F)cccc2F)C(=O)N1.O=C1NC(=S)NC(=O)C1=C/C=C/c1ccccc1F. The van der Waals surface area contributed by atoms with Crippen LogP contribution < -0.4 is 56.7 Å². The molecule has 0 spiro atoms. The van der Waals surface area contributed by atoms with Gasteiger partial charge in [-0.05, 0) is 159 Å². The first kappa shape index (κ1) is 112. The van der Waals surface area contributed by atoms with Gasteiger partial charge in [0.25, 0.3) is 82.7 Å². The molecule has 14 rings (SSSR count). The highest BCUT2D eigenvalue weighted by molar-refractivity contribution is 7.80. The van der Waals surface area contributed by atoms with Crippen LogP contribution in [0.15, 0.2) is 282 Å². The summed E-state index contributed by atoms with van der Waals surface area (Å²) >= 11 is 4.66. The number of halogens is 5. The fraction of sp³-hybridized carbons (Fsp3) is 0.117. The van der Waals surface area contributed by atoms with E-state index in [-0.39, 0.29) is 74.2 Å². The smallest absolute Gasteiger partial charge is 0.333 e. The minimum absolute atomic E-state index is 0.0229. The van der Waals surface area contributed by atoms with E-state index in [1.165, 1.54) is 95.0 Å². The van der Waals surface area contributed by atoms with Gasteiger partial charge in [-0.1, -0.05) is 176 Å². The number of urea groups is 6. The number of ether oxygens (including phenoxy) is 3. The summed E-state index contributed by atoms with van der Waals surface area (Å²) in [5.74, 6) is -11.0. The average molecular weight is 2020 g/mol. The highest BCUT2D eigenvalue weighted by atomic mass is 32.1. The zero-order valence-electron chi connectivity index (χ0n) is 78.9. The summed E-state index contributed by atoms with van der Waals surface area (Å²) < 4.78 is 82.3. The maximum Gasteiger partial charge on any atom is 0.333 e. The molecule has 8 N–H and O–H groups in total. The molecule has 7 aromatic carbocycles. The summed E-state index contributed by atoms with van der Waals surface area (Å²) in [7, 11) is 9.87. The van der Waals surface area contributed by atoms with Crippen molar-refractivity contribution in [2.75, 3.05) is 62.6 Å². The van der Waals surface area contributed by atoms with Gasteiger partial charge in [-0.15, -0.1) is 0 Å². The van der Waals surface area contributed by atoms with Gasteiger partial charge in [0, 0.05) is 69.1 Å². The second-order valence-electron chi connectivity index (χ2n) is 29.8. The Labute approximate surface area is 834 Å². The highest BCUT2D eigenvalue weighted by Gasteiger charge is 2.41. The third-order valence-corrected chi connectivity index (χ3v) is 20.6. The molecule has 0 radical (unpaired) electrons. The zero-order chi connectivity index (χ0) is 107. The molecule has 750 valence electrons. The topological polar surface area (TPSA) is 485 Å². The largest absolute Gasteiger partial charge is 0.497 e. The standard InChI is InChI=1S/3C16H16N2O4.C15H12F2N2O3.C14H12N2O3.C13H8F2N2O3.C13H9FN2O2S/c1-17-14(19)12(15(20)18(2)16(17)21)9-6-8-11-7-4-5-10-13(11)22-3;1-3-18-15(20)12(14(19)17-16(18)21)9-6-8-11-7-4-5-10-13(11)22-2;1-3-18-15(20)13(14(19)17-16(18)21)6-4-5-11-7-9-12(22-2)10-8-11;1-18-13(20)10(14(21)19(2)15(18)22)6-3-5-9-11(16)7-4-8-12(9)17;1-9-5-2-3-6-10(9)7-4-8-11-12(17)15-14(19)16-13(11)18;14-9-5-2-6-10(15)7(9)3-1-4-8-11(18)16-13(20)17-12(8)19;14-10-7-2-1-4-8(10)5-3-6-9-11(17)15-13(19)16-12(9)18/h4-10H,1-3H3;2*4-10H,3H2,1-2H3,(H,17,19,21);3-8H,1-2H3;2-8H,1H3,(H2,15,16,17,18,19);1-6H,(H2,16,17,18,19,20);1-7H,(H2,15,16,17,18,19)/b8-6+;8-6+,12-9+;5-4+,13-6+;5-3+;7-4+;3-1+;5-3+. The molecule has 7 aliphatic rings. The van der Waals surface area contributed by atoms with Crippen LogP contribution >= 0.6 is 12.2 Å². The van der Waals surface area contributed by atoms with Crippen molar-refractivity contribution in [1.82, 2.24) is 71.9 Å². The van der Waals surface area contributed by atoms with Crippen molar-refractivity contribution in [2.45, 2.75) is 20.8 Å². The lowest BCUT2D eigenvalue weighted by Crippen LogP contribution is -2.53. The van der Waals surface area contributed by atoms with Crippen molar-refractivity contribution in [3.63, 3.8) is 0 Å². The molecule has 26 amide bonds. The molecule has 7 fully saturated rings. The number of nitrogens with zero attached hydrogens (tertiary/aromatic N) is 6. The van der Waals surface area contributed by atoms with Crippen LogP contribution in [0.5, 0.6) is 17.2 Å². The number of hydrogen-bond acceptors (Lipinski definition) is 24. The molecule has 7 heterocycles. The van der Waals surface area contributed by atoms with E-state index in [0.717, 1.165) is 118 Å². The number of rotatable bonds is 19. The molecule has 7 saturated heterocycles. The number of barbiturate groups is 6. The molecule has 7 aromatic rings. The third kappa shape index (κ3) is 30.3. The Morgan fingerprint density at radius 1 is 0.288 bits per heavy atom. The van der Waals surface area contributed by atoms with Crippen LogP contribution in [0.4, 0.5) is 50.7 Å². The van der Waals surface area contributed by atoms with Gasteiger partial charge in [-0.2, -0.15) is 0 Å². The summed E-state index contributed by atoms with van der Waals surface area (Å²) in [4.78, 5) is 237. The number of imide groups is 12. The fourth-order valence-electron chi connectivity index (χ4n) is 12.6. The maximum absolute atomic E-state index is 13.4. The molecule has 0 aliphatic carbocycles. The quantitative estimate of drug-likeness (QED) is 0.0161. The zero-order valence-corrected chi connectivity index (χ0v) is 79.7. The minimum atomic E-state index is -0.915. The van der Waals surface area contributed by atoms with Crippen LogP contribution in [-0.4, -0.2) is 216 Å². The monoisotopic (exact) mass is 2020 g/mol. The number of carbonyl (C=O) groups is 20. The van der Waals surface area contributed by atoms with Gasteiger partial charge in [-0.25, -0.2) is 50.7 Å². The molecule has 0 saturated carbocycles. The Morgan fingerprint density at radius 3 is 0.911 bits per heavy atom. The van der Waals surface area contributed by atoms with E-state index in [9.17, 15) is 118 Å². The first-order valence-electron chi connectivity index (χ1n) is 42.9. The van der Waals surface area contributed by atoms with E-state index < -0.39 is 142 Å². The van der Waals surface area contributed by atoms with Crippen LogP contribution in [0, 0.1) is 36.0 Å². The number of benzene rings is 7. The number of amides is 26. The van der Waals surface area contributed by atoms with Crippen LogP contribution in [0.1, 0.15) is 58.4 Å². The predicted molar refractivity (Wildman–Crippen MR) is 525 cm³/mol. The van der Waals surface area contributed by atoms with Gasteiger partial charge in [0.1, 0.15) is 85.3 Å². The van der Waals surface area contributed by atoms with Crippen LogP contribution in [0.2, 0.25) is 0 Å². The number of allylic oxidation sites excluding steroid dienone is 14. The molecular formula is C103H89F5N14O23S. The predicted octanol–water partition coefficient (Wildman–Crippen LogP) is 11.0. The Balaban J connectivity index is 0.000000208. The Morgan fingerprint density at radius 2 is 0.568 bits per heavy atom. The summed E-state index contributed by atoms with van der Waals surface area (Å²) in [6.45, 7) is 5.70. The van der Waals surface area contributed by atoms with Gasteiger partial charge in [0.15, 0.2) is 5.11 Å². The van der Waals surface area contributed by atoms with E-state index in [2.05, 4.69) is 33.5 Å². The van der Waals surface area contributed by atoms with E-state index in [4.69, 9.17) is 14.2 Å². The summed E-state index contributed by atoms with van der Waals surface area (Å²) in [6, 6.07) is 38.2. The fourth-order valence-corrected chi connectivity index (χ4v) is 12.8. The first-order valence-corrected chi connectivity index (χ1v) is 43.3. The minimum Gasteiger partial charge on any atom is -0.497 e. The molecular weight excluding hydrogens is 1930 g/mol. The molecule has 0 atom stereocenters. The lowest BCUT2D eigenvalue weighted by Gasteiger charge is -2.28. The van der Waals surface area contributed by atoms with Gasteiger partial charge in [-0.3, -0.25) is 139 Å². The second kappa shape index (κ2) is 53.7. The average Bonchev–Trinajstić information content (AvgIpc) is 0.794. The molecule has 7 aliphatic heterocycles. The van der Waals surface area contributed by atoms with Crippen molar-refractivity contribution in [3.05, 3.63) is 355 Å². The number of methoxy groups -OCH3 is 3. The number of para-hydroxylation sites is 2. The number of thiocarbonyl (C=S) groups is 1. The Kier molecular flexibility index (Phi) is 41.2. The van der Waals surface area contributed by atoms with Crippen molar-refractivity contribution in [1.29, 1.82) is 0 Å². The van der Waals surface area contributed by atoms with Gasteiger partial charge in [0.2, 0.25) is 0 Å². The van der Waals surface area contributed by atoms with E-state index in [1.807, 2.05) is 125 Å². The summed E-state index contributed by atoms with van der Waals surface area (Å²) in [5.41, 5.74) is 3.41. The van der Waals surface area contributed by atoms with Gasteiger partial charge >= 0.3 is 36.2 Å². The maximum atomic E-state index is 13.4. The Bertz CT molecular complexity index is 6680. The molecule has 0 aromatic heterocycles. The number of carbonyl (C=O) groups excluding carboxylic acids is 20. The first-order chi connectivity index (χ1) is 69.6. The molecule has 0 bridgehead atoms. The lowest BCUT2D eigenvalue weighted by atomic mass is 10.1. The van der Waals surface area contributed by atoms with Gasteiger partial charge < -0.3 is 14.2 Å². The normalized spacial score (nSPS) is 16.1. The number of aryl methyl sites for hydroxylation is 1. The van der Waals surface area contributed by atoms with Crippen LogP contribution in [-0.2, 0) is 67.1 Å². The van der Waals surface area contributed by atoms with Crippen LogP contribution in [0.25, 0.3) is 42.5 Å². The Hall–Kier alpha value is -19.4. The second-order valence-corrected chi connectivity index (χ2v) is 30.2. The summed E-state index contributed by atoms with van der Waals surface area (Å²) in [6.07, 6.45) is 29.8. The number of hydrogen-bond donors (Lipinski definition) is 8. The lowest BCUT2D eigenvalue weighted by molar-refractivity contribution is -0.136. The van der Waals surface area contributed by atoms with Crippen molar-refractivity contribution in [3.8, 4) is 17.2 Å². The molecule has 0 unspecified atom stereocenters. The van der Waals surface area contributed by atoms with Crippen molar-refractivity contribution in [2.24, 2.45) is 0 Å². The molecule has 37 nitrogen and oxygen atoms in total. The van der Waals surface area contributed by atoms with Gasteiger partial charge in [0.05, 0.1) is 21.3 Å². The van der Waals surface area contributed by atoms with Crippen LogP contribution in [0.3, 0.4) is 0 Å². The van der Waals surface area contributed by atoms with E-state index in [1.54, 1.807) is 102 Å². The number of nitrogens with one attached hydrogen (secondary N) is 8. The number of likely N-dealkylation sites (N-methyl/N-ethyl adjacent to an activating group) is 6. The van der Waals surface area contributed by atoms with E-state index >= 15 is 0 Å². The highest BCUT2D eigenvalue weighted by Crippen LogP contribution is 2.26. The third-order valence-electron chi connectivity index (χ3n) is 20.4. The molecule has 43 heteroatoms. The van der Waals surface area contributed by atoms with E-state index in [0.29, 0.717) is 17.1 Å².